The zero-order chi connectivity index (χ0) is 19.3. The highest BCUT2D eigenvalue weighted by molar-refractivity contribution is 7.98. The third-order valence-electron chi connectivity index (χ3n) is 4.01. The van der Waals surface area contributed by atoms with Crippen LogP contribution >= 0.6 is 11.8 Å². The minimum Gasteiger partial charge on any atom is -0.462 e. The van der Waals surface area contributed by atoms with Crippen molar-refractivity contribution in [2.75, 3.05) is 26.0 Å². The van der Waals surface area contributed by atoms with E-state index in [1.54, 1.807) is 18.0 Å². The molecule has 1 aliphatic heterocycles. The summed E-state index contributed by atoms with van der Waals surface area (Å²) in [5.41, 5.74) is 0.622. The highest BCUT2D eigenvalue weighted by Gasteiger charge is 2.30. The van der Waals surface area contributed by atoms with Crippen LogP contribution in [0.25, 0.3) is 0 Å². The van der Waals surface area contributed by atoms with E-state index in [2.05, 4.69) is 9.97 Å². The van der Waals surface area contributed by atoms with Crippen molar-refractivity contribution < 1.29 is 19.1 Å². The fraction of sp³-hybridized carbons (Fsp3) is 0.667. The van der Waals surface area contributed by atoms with Crippen LogP contribution in [0.1, 0.15) is 62.5 Å². The number of amides is 1. The predicted molar refractivity (Wildman–Crippen MR) is 99.6 cm³/mol. The Balaban J connectivity index is 2.12. The van der Waals surface area contributed by atoms with Gasteiger partial charge in [0, 0.05) is 25.2 Å². The molecule has 1 aromatic rings. The number of rotatable bonds is 4. The lowest BCUT2D eigenvalue weighted by Crippen LogP contribution is -2.41. The van der Waals surface area contributed by atoms with Crippen LogP contribution in [0.2, 0.25) is 0 Å². The second-order valence-electron chi connectivity index (χ2n) is 7.12. The number of nitrogens with zero attached hydrogens (tertiary/aromatic N) is 3. The maximum absolute atomic E-state index is 12.2. The van der Waals surface area contributed by atoms with Crippen molar-refractivity contribution in [1.82, 2.24) is 14.9 Å². The molecule has 0 unspecified atom stereocenters. The topological polar surface area (TPSA) is 81.6 Å². The van der Waals surface area contributed by atoms with Crippen molar-refractivity contribution in [3.8, 4) is 0 Å². The Kier molecular flexibility index (Phi) is 6.86. The van der Waals surface area contributed by atoms with Gasteiger partial charge in [0.05, 0.1) is 17.9 Å². The number of hydrogen-bond donors (Lipinski definition) is 0. The van der Waals surface area contributed by atoms with Crippen LogP contribution in [0.4, 0.5) is 4.79 Å². The van der Waals surface area contributed by atoms with Gasteiger partial charge >= 0.3 is 12.1 Å². The number of esters is 1. The number of carbonyl (C=O) groups excluding carboxylic acids is 2. The van der Waals surface area contributed by atoms with Gasteiger partial charge in [-0.05, 0) is 46.8 Å². The van der Waals surface area contributed by atoms with Crippen molar-refractivity contribution >= 4 is 23.8 Å². The van der Waals surface area contributed by atoms with Crippen LogP contribution in [-0.4, -0.2) is 58.5 Å². The molecule has 7 nitrogen and oxygen atoms in total. The molecular weight excluding hydrogens is 354 g/mol. The van der Waals surface area contributed by atoms with Crippen LogP contribution < -0.4 is 0 Å². The van der Waals surface area contributed by atoms with Crippen molar-refractivity contribution in [2.24, 2.45) is 0 Å². The average Bonchev–Trinajstić information content (AvgIpc) is 2.60. The molecule has 8 heteroatoms. The maximum Gasteiger partial charge on any atom is 0.410 e. The third kappa shape index (κ3) is 5.33. The SMILES string of the molecule is CCOC(=O)c1cnc(SC)nc1C1CCN(C(=O)OC(C)(C)C)CC1. The van der Waals surface area contributed by atoms with Gasteiger partial charge in [-0.1, -0.05) is 11.8 Å². The third-order valence-corrected chi connectivity index (χ3v) is 4.57. The Morgan fingerprint density at radius 2 is 1.96 bits per heavy atom. The van der Waals surface area contributed by atoms with Crippen molar-refractivity contribution in [3.63, 3.8) is 0 Å². The zero-order valence-electron chi connectivity index (χ0n) is 16.1. The number of likely N-dealkylation sites (tertiary alicyclic amines) is 1. The molecule has 0 saturated carbocycles. The number of carbonyl (C=O) groups is 2. The first-order valence-electron chi connectivity index (χ1n) is 8.81. The molecule has 0 bridgehead atoms. The summed E-state index contributed by atoms with van der Waals surface area (Å²) in [7, 11) is 0. The molecule has 0 atom stereocenters. The number of ether oxygens (including phenoxy) is 2. The van der Waals surface area contributed by atoms with Crippen LogP contribution in [0.3, 0.4) is 0 Å². The summed E-state index contributed by atoms with van der Waals surface area (Å²) in [5.74, 6) is -0.313. The Labute approximate surface area is 158 Å². The van der Waals surface area contributed by atoms with Gasteiger partial charge in [0.2, 0.25) is 0 Å². The lowest BCUT2D eigenvalue weighted by molar-refractivity contribution is 0.0202. The lowest BCUT2D eigenvalue weighted by atomic mass is 9.91. The van der Waals surface area contributed by atoms with Crippen LogP contribution in [0.5, 0.6) is 0 Å². The number of thioether (sulfide) groups is 1. The average molecular weight is 381 g/mol. The molecule has 0 radical (unpaired) electrons. The number of hydrogen-bond acceptors (Lipinski definition) is 7. The van der Waals surface area contributed by atoms with Gasteiger partial charge in [0.25, 0.3) is 0 Å². The van der Waals surface area contributed by atoms with E-state index in [1.807, 2.05) is 27.0 Å². The monoisotopic (exact) mass is 381 g/mol. The minimum atomic E-state index is -0.509. The van der Waals surface area contributed by atoms with Crippen molar-refractivity contribution in [3.05, 3.63) is 17.5 Å². The normalized spacial score (nSPS) is 15.7. The molecule has 0 aromatic carbocycles. The Morgan fingerprint density at radius 1 is 1.31 bits per heavy atom. The van der Waals surface area contributed by atoms with E-state index < -0.39 is 11.6 Å². The standard InChI is InChI=1S/C18H27N3O4S/c1-6-24-15(22)13-11-19-16(26-5)20-14(13)12-7-9-21(10-8-12)17(23)25-18(2,3)4/h11-12H,6-10H2,1-5H3. The van der Waals surface area contributed by atoms with Gasteiger partial charge in [0.1, 0.15) is 5.60 Å². The quantitative estimate of drug-likeness (QED) is 0.448. The Morgan fingerprint density at radius 3 is 2.50 bits per heavy atom. The number of piperidine rings is 1. The van der Waals surface area contributed by atoms with E-state index in [-0.39, 0.29) is 12.0 Å². The molecule has 1 amide bonds. The predicted octanol–water partition coefficient (Wildman–Crippen LogP) is 3.49. The highest BCUT2D eigenvalue weighted by Crippen LogP contribution is 2.31. The lowest BCUT2D eigenvalue weighted by Gasteiger charge is -2.33. The highest BCUT2D eigenvalue weighted by atomic mass is 32.2. The van der Waals surface area contributed by atoms with E-state index >= 15 is 0 Å². The first kappa shape index (κ1) is 20.5. The second kappa shape index (κ2) is 8.70. The summed E-state index contributed by atoms with van der Waals surface area (Å²) in [6, 6.07) is 0. The Bertz CT molecular complexity index is 652. The molecule has 1 fully saturated rings. The largest absolute Gasteiger partial charge is 0.462 e. The van der Waals surface area contributed by atoms with E-state index in [9.17, 15) is 9.59 Å². The minimum absolute atomic E-state index is 0.0852. The van der Waals surface area contributed by atoms with E-state index in [0.717, 1.165) is 12.8 Å². The van der Waals surface area contributed by atoms with E-state index in [4.69, 9.17) is 9.47 Å². The summed E-state index contributed by atoms with van der Waals surface area (Å²) in [5, 5.41) is 0.627. The van der Waals surface area contributed by atoms with Crippen molar-refractivity contribution in [1.29, 1.82) is 0 Å². The van der Waals surface area contributed by atoms with Gasteiger partial charge in [-0.25, -0.2) is 19.6 Å². The summed E-state index contributed by atoms with van der Waals surface area (Å²) in [4.78, 5) is 34.9. The first-order chi connectivity index (χ1) is 12.2. The molecule has 2 heterocycles. The van der Waals surface area contributed by atoms with Crippen molar-refractivity contribution in [2.45, 2.75) is 57.2 Å². The smallest absolute Gasteiger partial charge is 0.410 e. The molecule has 1 aliphatic rings. The van der Waals surface area contributed by atoms with Crippen LogP contribution in [0, 0.1) is 0 Å². The van der Waals surface area contributed by atoms with Crippen LogP contribution in [-0.2, 0) is 9.47 Å². The van der Waals surface area contributed by atoms with Gasteiger partial charge in [-0.3, -0.25) is 0 Å². The summed E-state index contributed by atoms with van der Waals surface area (Å²) in [6.45, 7) is 8.78. The summed E-state index contributed by atoms with van der Waals surface area (Å²) >= 11 is 1.43. The first-order valence-corrected chi connectivity index (χ1v) is 10.0. The molecule has 0 aliphatic carbocycles. The zero-order valence-corrected chi connectivity index (χ0v) is 16.9. The molecular formula is C18H27N3O4S. The Hall–Kier alpha value is -1.83. The summed E-state index contributed by atoms with van der Waals surface area (Å²) < 4.78 is 10.6. The molecule has 144 valence electrons. The summed E-state index contributed by atoms with van der Waals surface area (Å²) in [6.07, 6.45) is 4.59. The second-order valence-corrected chi connectivity index (χ2v) is 7.89. The van der Waals surface area contributed by atoms with Gasteiger partial charge in [-0.15, -0.1) is 0 Å². The van der Waals surface area contributed by atoms with Crippen LogP contribution in [0.15, 0.2) is 11.4 Å². The maximum atomic E-state index is 12.2. The molecule has 0 spiro atoms. The fourth-order valence-corrected chi connectivity index (χ4v) is 3.16. The van der Waals surface area contributed by atoms with Gasteiger partial charge < -0.3 is 14.4 Å². The molecule has 1 aromatic heterocycles. The van der Waals surface area contributed by atoms with E-state index in [0.29, 0.717) is 36.1 Å². The molecule has 26 heavy (non-hydrogen) atoms. The molecule has 0 N–H and O–H groups in total. The molecule has 1 saturated heterocycles. The van der Waals surface area contributed by atoms with E-state index in [1.165, 1.54) is 11.8 Å². The number of aromatic nitrogens is 2. The van der Waals surface area contributed by atoms with Gasteiger partial charge in [0.15, 0.2) is 5.16 Å². The molecule has 2 rings (SSSR count). The van der Waals surface area contributed by atoms with Gasteiger partial charge in [-0.2, -0.15) is 0 Å². The fourth-order valence-electron chi connectivity index (χ4n) is 2.82.